The highest BCUT2D eigenvalue weighted by Crippen LogP contribution is 2.31. The van der Waals surface area contributed by atoms with Crippen molar-refractivity contribution in [2.24, 2.45) is 0 Å². The molecule has 2 N–H and O–H groups in total. The predicted octanol–water partition coefficient (Wildman–Crippen LogP) is 5.27. The van der Waals surface area contributed by atoms with E-state index >= 15 is 0 Å². The second kappa shape index (κ2) is 6.54. The molecule has 0 aliphatic carbocycles. The molecule has 2 rings (SSSR count). The monoisotopic (exact) mass is 342 g/mol. The molecular weight excluding hydrogens is 328 g/mol. The molecule has 0 amide bonds. The Morgan fingerprint density at radius 1 is 0.957 bits per heavy atom. The van der Waals surface area contributed by atoms with E-state index in [-0.39, 0.29) is 10.8 Å². The molecule has 7 heteroatoms. The summed E-state index contributed by atoms with van der Waals surface area (Å²) in [7, 11) is 0. The van der Waals surface area contributed by atoms with E-state index in [0.717, 1.165) is 17.2 Å². The largest absolute Gasteiger partial charge is 0.416 e. The van der Waals surface area contributed by atoms with Gasteiger partial charge in [0, 0.05) is 5.69 Å². The minimum Gasteiger partial charge on any atom is -0.332 e. The molecule has 2 aromatic rings. The molecule has 0 saturated carbocycles. The summed E-state index contributed by atoms with van der Waals surface area (Å²) in [6, 6.07) is 7.76. The molecule has 0 radical (unpaired) electrons. The van der Waals surface area contributed by atoms with Crippen molar-refractivity contribution in [3.8, 4) is 0 Å². The average Bonchev–Trinajstić information content (AvgIpc) is 2.44. The van der Waals surface area contributed by atoms with E-state index < -0.39 is 17.6 Å². The van der Waals surface area contributed by atoms with Crippen molar-refractivity contribution in [1.82, 2.24) is 0 Å². The maximum absolute atomic E-state index is 13.7. The minimum atomic E-state index is -4.55. The third kappa shape index (κ3) is 4.41. The third-order valence-corrected chi connectivity index (χ3v) is 3.39. The lowest BCUT2D eigenvalue weighted by Gasteiger charge is -2.15. The average molecular weight is 342 g/mol. The number of benzene rings is 2. The zero-order valence-electron chi connectivity index (χ0n) is 12.4. The molecule has 0 unspecified atom stereocenters. The Kier molecular flexibility index (Phi) is 4.89. The van der Waals surface area contributed by atoms with E-state index in [1.807, 2.05) is 32.0 Å². The fourth-order valence-corrected chi connectivity index (χ4v) is 2.16. The Morgan fingerprint density at radius 2 is 1.61 bits per heavy atom. The van der Waals surface area contributed by atoms with E-state index in [1.165, 1.54) is 0 Å². The maximum atomic E-state index is 13.7. The molecule has 0 aliphatic heterocycles. The maximum Gasteiger partial charge on any atom is 0.416 e. The van der Waals surface area contributed by atoms with E-state index in [2.05, 4.69) is 10.6 Å². The van der Waals surface area contributed by atoms with Crippen LogP contribution >= 0.6 is 12.2 Å². The van der Waals surface area contributed by atoms with Gasteiger partial charge in [0.2, 0.25) is 0 Å². The van der Waals surface area contributed by atoms with Gasteiger partial charge in [-0.3, -0.25) is 0 Å². The van der Waals surface area contributed by atoms with Gasteiger partial charge in [0.15, 0.2) is 5.11 Å². The molecule has 0 spiro atoms. The van der Waals surface area contributed by atoms with Gasteiger partial charge in [-0.1, -0.05) is 12.1 Å². The number of hydrogen-bond acceptors (Lipinski definition) is 1. The van der Waals surface area contributed by atoms with Crippen LogP contribution in [0.2, 0.25) is 0 Å². The van der Waals surface area contributed by atoms with Crippen LogP contribution in [0, 0.1) is 19.7 Å². The first-order valence-electron chi connectivity index (χ1n) is 6.69. The standard InChI is InChI=1S/C16H14F4N2S/c1-9-3-4-10(2)13(7-9)21-15(23)22-14-8-11(16(18,19)20)5-6-12(14)17/h3-8H,1-2H3,(H2,21,22,23). The number of halogens is 4. The summed E-state index contributed by atoms with van der Waals surface area (Å²) in [5, 5.41) is 5.33. The first kappa shape index (κ1) is 17.2. The highest BCUT2D eigenvalue weighted by molar-refractivity contribution is 7.80. The smallest absolute Gasteiger partial charge is 0.332 e. The van der Waals surface area contributed by atoms with Crippen molar-refractivity contribution >= 4 is 28.7 Å². The lowest BCUT2D eigenvalue weighted by molar-refractivity contribution is -0.137. The first-order valence-corrected chi connectivity index (χ1v) is 7.09. The summed E-state index contributed by atoms with van der Waals surface area (Å²) in [6.45, 7) is 3.75. The van der Waals surface area contributed by atoms with Crippen LogP contribution in [-0.2, 0) is 6.18 Å². The minimum absolute atomic E-state index is 0.0110. The molecule has 0 fully saturated rings. The highest BCUT2D eigenvalue weighted by Gasteiger charge is 2.31. The van der Waals surface area contributed by atoms with Crippen molar-refractivity contribution in [2.75, 3.05) is 10.6 Å². The van der Waals surface area contributed by atoms with Crippen molar-refractivity contribution < 1.29 is 17.6 Å². The van der Waals surface area contributed by atoms with Gasteiger partial charge in [0.1, 0.15) is 5.82 Å². The number of alkyl halides is 3. The van der Waals surface area contributed by atoms with Crippen LogP contribution in [0.5, 0.6) is 0 Å². The van der Waals surface area contributed by atoms with Gasteiger partial charge >= 0.3 is 6.18 Å². The Balaban J connectivity index is 2.18. The van der Waals surface area contributed by atoms with Gasteiger partial charge in [-0.25, -0.2) is 4.39 Å². The summed E-state index contributed by atoms with van der Waals surface area (Å²) in [5.41, 5.74) is 1.32. The molecule has 0 saturated heterocycles. The predicted molar refractivity (Wildman–Crippen MR) is 87.2 cm³/mol. The number of aryl methyl sites for hydroxylation is 2. The Hall–Kier alpha value is -2.15. The normalized spacial score (nSPS) is 11.2. The van der Waals surface area contributed by atoms with E-state index in [1.54, 1.807) is 0 Å². The first-order chi connectivity index (χ1) is 10.7. The Labute approximate surface area is 136 Å². The topological polar surface area (TPSA) is 24.1 Å². The van der Waals surface area contributed by atoms with Gasteiger partial charge in [-0.15, -0.1) is 0 Å². The van der Waals surface area contributed by atoms with Crippen LogP contribution in [0.15, 0.2) is 36.4 Å². The fourth-order valence-electron chi connectivity index (χ4n) is 1.94. The van der Waals surface area contributed by atoms with Gasteiger partial charge in [-0.05, 0) is 61.5 Å². The number of nitrogens with one attached hydrogen (secondary N) is 2. The molecule has 0 bridgehead atoms. The molecule has 122 valence electrons. The van der Waals surface area contributed by atoms with Crippen LogP contribution in [0.25, 0.3) is 0 Å². The van der Waals surface area contributed by atoms with Gasteiger partial charge in [-0.2, -0.15) is 13.2 Å². The molecule has 2 nitrogen and oxygen atoms in total. The van der Waals surface area contributed by atoms with Crippen LogP contribution < -0.4 is 10.6 Å². The SMILES string of the molecule is Cc1ccc(C)c(NC(=S)Nc2cc(C(F)(F)F)ccc2F)c1. The molecule has 0 aromatic heterocycles. The summed E-state index contributed by atoms with van der Waals surface area (Å²) < 4.78 is 51.7. The second-order valence-corrected chi connectivity index (χ2v) is 5.50. The number of thiocarbonyl (C=S) groups is 1. The highest BCUT2D eigenvalue weighted by atomic mass is 32.1. The zero-order chi connectivity index (χ0) is 17.2. The van der Waals surface area contributed by atoms with Crippen molar-refractivity contribution in [2.45, 2.75) is 20.0 Å². The van der Waals surface area contributed by atoms with E-state index in [9.17, 15) is 17.6 Å². The van der Waals surface area contributed by atoms with Gasteiger partial charge in [0.25, 0.3) is 0 Å². The quantitative estimate of drug-likeness (QED) is 0.574. The lowest BCUT2D eigenvalue weighted by Crippen LogP contribution is -2.21. The fraction of sp³-hybridized carbons (Fsp3) is 0.188. The van der Waals surface area contributed by atoms with Crippen molar-refractivity contribution in [1.29, 1.82) is 0 Å². The summed E-state index contributed by atoms with van der Waals surface area (Å²) in [5.74, 6) is -0.817. The van der Waals surface area contributed by atoms with Crippen LogP contribution in [0.1, 0.15) is 16.7 Å². The molecular formula is C16H14F4N2S. The zero-order valence-corrected chi connectivity index (χ0v) is 13.2. The van der Waals surface area contributed by atoms with E-state index in [0.29, 0.717) is 17.8 Å². The molecule has 2 aromatic carbocycles. The summed E-state index contributed by atoms with van der Waals surface area (Å²) in [6.07, 6.45) is -4.55. The summed E-state index contributed by atoms with van der Waals surface area (Å²) in [4.78, 5) is 0. The third-order valence-electron chi connectivity index (χ3n) is 3.18. The lowest BCUT2D eigenvalue weighted by atomic mass is 10.1. The molecule has 23 heavy (non-hydrogen) atoms. The van der Waals surface area contributed by atoms with Crippen molar-refractivity contribution in [3.05, 3.63) is 58.9 Å². The number of rotatable bonds is 2. The van der Waals surface area contributed by atoms with Crippen molar-refractivity contribution in [3.63, 3.8) is 0 Å². The second-order valence-electron chi connectivity index (χ2n) is 5.09. The van der Waals surface area contributed by atoms with E-state index in [4.69, 9.17) is 12.2 Å². The van der Waals surface area contributed by atoms with Gasteiger partial charge < -0.3 is 10.6 Å². The Bertz CT molecular complexity index is 741. The van der Waals surface area contributed by atoms with Crippen LogP contribution in [0.4, 0.5) is 28.9 Å². The molecule has 0 atom stereocenters. The van der Waals surface area contributed by atoms with Crippen LogP contribution in [-0.4, -0.2) is 5.11 Å². The van der Waals surface area contributed by atoms with Crippen LogP contribution in [0.3, 0.4) is 0 Å². The number of hydrogen-bond donors (Lipinski definition) is 2. The molecule has 0 heterocycles. The number of anilines is 2. The van der Waals surface area contributed by atoms with Gasteiger partial charge in [0.05, 0.1) is 11.3 Å². The molecule has 0 aliphatic rings. The Morgan fingerprint density at radius 3 is 2.26 bits per heavy atom. The summed E-state index contributed by atoms with van der Waals surface area (Å²) >= 11 is 5.05.